The van der Waals surface area contributed by atoms with Crippen LogP contribution in [0.5, 0.6) is 0 Å². The molecule has 0 saturated heterocycles. The van der Waals surface area contributed by atoms with Crippen LogP contribution in [0.4, 0.5) is 0 Å². The van der Waals surface area contributed by atoms with Crippen molar-refractivity contribution >= 4 is 32.4 Å². The summed E-state index contributed by atoms with van der Waals surface area (Å²) in [4.78, 5) is 0. The molecule has 5 nitrogen and oxygen atoms in total. The summed E-state index contributed by atoms with van der Waals surface area (Å²) >= 11 is 0. The summed E-state index contributed by atoms with van der Waals surface area (Å²) in [5, 5.41) is 6.43. The third-order valence-electron chi connectivity index (χ3n) is 19.4. The zero-order chi connectivity index (χ0) is 102. The highest BCUT2D eigenvalue weighted by molar-refractivity contribution is 5.93. The molecule has 0 N–H and O–H groups in total. The number of hydrogen-bond acceptors (Lipinski definition) is 0. The molecule has 11 aromatic carbocycles. The first-order valence-corrected chi connectivity index (χ1v) is 50.7. The van der Waals surface area contributed by atoms with Crippen LogP contribution >= 0.6 is 0 Å². The third kappa shape index (κ3) is 44.4. The number of pyridine rings is 5. The molecule has 2 aliphatic carbocycles. The Bertz CT molecular complexity index is 5180. The van der Waals surface area contributed by atoms with Gasteiger partial charge in [-0.15, -0.1) is 0 Å². The van der Waals surface area contributed by atoms with E-state index in [0.29, 0.717) is 0 Å². The zero-order valence-corrected chi connectivity index (χ0v) is 91.7. The van der Waals surface area contributed by atoms with Crippen LogP contribution in [-0.2, 0) is 48.1 Å². The Morgan fingerprint density at radius 1 is 0.195 bits per heavy atom. The average Bonchev–Trinajstić information content (AvgIpc) is 1.77. The minimum Gasteiger partial charge on any atom is -0.205 e. The predicted molar refractivity (Wildman–Crippen MR) is 601 cm³/mol. The molecule has 2 aliphatic rings. The van der Waals surface area contributed by atoms with E-state index in [4.69, 9.17) is 0 Å². The van der Waals surface area contributed by atoms with Crippen molar-refractivity contribution in [2.75, 3.05) is 0 Å². The van der Waals surface area contributed by atoms with Crippen molar-refractivity contribution in [1.29, 1.82) is 0 Å². The van der Waals surface area contributed by atoms with Crippen molar-refractivity contribution < 1.29 is 22.8 Å². The molecule has 0 amide bonds. The van der Waals surface area contributed by atoms with Crippen LogP contribution in [0.3, 0.4) is 0 Å². The SMILES string of the molecule is CC.CC.CC.CC.CC.CC.CC.CC.CC.CC.CC.CC.CC.CC.CC.Cc1cccc[n+]1C.Cc1cccc[n+]1C.Cc1ccccc1.Cc1ccccc1-c1c2ccccc2cc[n+]1C.Cc1ccccc1-c1cc2ccccc2c[n+]1C.Cc1ccccc1-c1ccc2ccccc2[n+]1C.c1ccc2c(c1)Cc1ccccc1-2.c1ccc2c(c1)Cc1ccccc1-2. The first-order chi connectivity index (χ1) is 65.2. The molecule has 0 spiro atoms. The molecule has 0 unspecified atom stereocenters. The predicted octanol–water partition coefficient (Wildman–Crippen LogP) is 36.5. The quantitative estimate of drug-likeness (QED) is 0.157. The highest BCUT2D eigenvalue weighted by atomic mass is 14.9. The Hall–Kier alpha value is -12.1. The average molecular weight is 1790 g/mol. The molecule has 0 fully saturated rings. The number of rotatable bonds is 3. The Morgan fingerprint density at radius 2 is 0.489 bits per heavy atom. The second-order valence-corrected chi connectivity index (χ2v) is 26.6. The number of aryl methyl sites for hydroxylation is 11. The van der Waals surface area contributed by atoms with E-state index in [1.807, 2.05) is 277 Å². The fourth-order valence-electron chi connectivity index (χ4n) is 13.3. The van der Waals surface area contributed by atoms with E-state index in [9.17, 15) is 0 Å². The molecule has 0 aliphatic heterocycles. The van der Waals surface area contributed by atoms with E-state index >= 15 is 0 Å². The van der Waals surface area contributed by atoms with E-state index in [0.717, 1.165) is 12.8 Å². The van der Waals surface area contributed by atoms with Gasteiger partial charge >= 0.3 is 0 Å². The van der Waals surface area contributed by atoms with E-state index in [2.05, 4.69) is 389 Å². The lowest BCUT2D eigenvalue weighted by atomic mass is 10.00. The minimum absolute atomic E-state index is 1.10. The summed E-state index contributed by atoms with van der Waals surface area (Å²) in [6, 6.07) is 117. The van der Waals surface area contributed by atoms with Gasteiger partial charge in [0.05, 0.1) is 5.39 Å². The fourth-order valence-corrected chi connectivity index (χ4v) is 13.3. The Labute approximate surface area is 817 Å². The van der Waals surface area contributed by atoms with Crippen LogP contribution < -0.4 is 22.8 Å². The minimum atomic E-state index is 1.10. The molecule has 5 heteroatoms. The standard InChI is InChI=1S/3C17H16N.2C13H10.2C7H10N.C7H8.15C2H6/c1-13-7-3-6-10-16(13)17-11-14-8-4-5-9-15(14)12-18(17)2;1-13-7-3-5-9-15(13)17-16-10-6-4-8-14(16)11-12-18(17)2;1-13-7-3-5-9-15(13)17-12-11-14-8-4-6-10-16(14)18(17)2;2*1-3-7-12-10(5-1)9-11-6-2-4-8-13(11)12;2*1-7-5-3-4-6-8(7)2;1-7-5-3-2-4-6-7;15*1-2/h3*3-12H,1-2H3;2*1-8H,9H2;2*3-6H,1-2H3;2-6H,1H3;15*1-2H3/q3*+1;;;2*+1;;;;;;;;;;;;;;;;. The van der Waals surface area contributed by atoms with Crippen molar-refractivity contribution in [2.45, 2.75) is 262 Å². The summed E-state index contributed by atoms with van der Waals surface area (Å²) in [5.74, 6) is 0. The zero-order valence-electron chi connectivity index (χ0n) is 91.7. The van der Waals surface area contributed by atoms with Gasteiger partial charge in [-0.2, -0.15) is 4.57 Å². The van der Waals surface area contributed by atoms with Gasteiger partial charge < -0.3 is 0 Å². The number of fused-ring (bicyclic) bond motifs is 9. The number of para-hydroxylation sites is 1. The van der Waals surface area contributed by atoms with Gasteiger partial charge in [-0.05, 0) is 155 Å². The van der Waals surface area contributed by atoms with E-state index in [1.165, 1.54) is 144 Å². The lowest BCUT2D eigenvalue weighted by Gasteiger charge is -2.07. The lowest BCUT2D eigenvalue weighted by Crippen LogP contribution is -2.32. The van der Waals surface area contributed by atoms with Crippen LogP contribution in [0, 0.1) is 41.5 Å². The van der Waals surface area contributed by atoms with Gasteiger partial charge in [-0.1, -0.05) is 456 Å². The lowest BCUT2D eigenvalue weighted by molar-refractivity contribution is -0.677. The van der Waals surface area contributed by atoms with Crippen molar-refractivity contribution in [3.8, 4) is 56.0 Å². The Kier molecular flexibility index (Phi) is 82.0. The van der Waals surface area contributed by atoms with Gasteiger partial charge in [0, 0.05) is 89.8 Å². The van der Waals surface area contributed by atoms with Crippen LogP contribution in [0.2, 0.25) is 0 Å². The summed E-state index contributed by atoms with van der Waals surface area (Å²) in [7, 11) is 10.4. The molecule has 0 radical (unpaired) electrons. The molecule has 5 heterocycles. The van der Waals surface area contributed by atoms with Crippen LogP contribution in [0.25, 0.3) is 88.5 Å². The summed E-state index contributed by atoms with van der Waals surface area (Å²) in [6.07, 6.45) is 10.6. The van der Waals surface area contributed by atoms with Gasteiger partial charge in [0.25, 0.3) is 0 Å². The number of benzene rings is 11. The number of hydrogen-bond donors (Lipinski definition) is 0. The molecular formula is C128H186N5+5. The first kappa shape index (κ1) is 129. The van der Waals surface area contributed by atoms with Crippen molar-refractivity contribution in [1.82, 2.24) is 0 Å². The van der Waals surface area contributed by atoms with E-state index < -0.39 is 0 Å². The largest absolute Gasteiger partial charge is 0.220 e. The topological polar surface area (TPSA) is 19.4 Å². The second kappa shape index (κ2) is 84.2. The van der Waals surface area contributed by atoms with E-state index in [1.54, 1.807) is 0 Å². The van der Waals surface area contributed by atoms with Gasteiger partial charge in [0.1, 0.15) is 35.2 Å². The van der Waals surface area contributed by atoms with E-state index in [-0.39, 0.29) is 0 Å². The second-order valence-electron chi connectivity index (χ2n) is 26.6. The van der Waals surface area contributed by atoms with Gasteiger partial charge in [-0.25, -0.2) is 18.3 Å². The normalized spacial score (nSPS) is 9.03. The molecule has 0 bridgehead atoms. The number of aromatic nitrogens is 5. The van der Waals surface area contributed by atoms with Crippen LogP contribution in [0.15, 0.2) is 358 Å². The molecular weight excluding hydrogens is 1610 g/mol. The molecule has 18 rings (SSSR count). The van der Waals surface area contributed by atoms with Gasteiger partial charge in [0.2, 0.25) is 22.6 Å². The Balaban J connectivity index is -0.000000456. The van der Waals surface area contributed by atoms with Gasteiger partial charge in [0.15, 0.2) is 36.2 Å². The summed E-state index contributed by atoms with van der Waals surface area (Å²) in [5.41, 5.74) is 28.3. The first-order valence-electron chi connectivity index (χ1n) is 50.7. The molecule has 0 atom stereocenters. The Morgan fingerprint density at radius 3 is 0.835 bits per heavy atom. The fraction of sp³-hybridized carbons (Fsp3) is 0.336. The highest BCUT2D eigenvalue weighted by Crippen LogP contribution is 2.37. The van der Waals surface area contributed by atoms with Crippen molar-refractivity contribution in [3.63, 3.8) is 0 Å². The summed E-state index contributed by atoms with van der Waals surface area (Å²) < 4.78 is 10.8. The molecule has 718 valence electrons. The molecule has 0 saturated carbocycles. The van der Waals surface area contributed by atoms with Crippen molar-refractivity contribution in [2.24, 2.45) is 35.2 Å². The maximum Gasteiger partial charge on any atom is 0.220 e. The van der Waals surface area contributed by atoms with Gasteiger partial charge in [-0.3, -0.25) is 0 Å². The number of nitrogens with zero attached hydrogens (tertiary/aromatic N) is 5. The van der Waals surface area contributed by atoms with Crippen LogP contribution in [-0.4, -0.2) is 0 Å². The smallest absolute Gasteiger partial charge is 0.205 e. The molecule has 16 aromatic rings. The monoisotopic (exact) mass is 1790 g/mol. The van der Waals surface area contributed by atoms with Crippen molar-refractivity contribution in [3.05, 3.63) is 414 Å². The third-order valence-corrected chi connectivity index (χ3v) is 19.4. The molecule has 5 aromatic heterocycles. The highest BCUT2D eigenvalue weighted by Gasteiger charge is 2.20. The maximum atomic E-state index is 2.26. The maximum absolute atomic E-state index is 2.26. The van der Waals surface area contributed by atoms with Crippen LogP contribution in [0.1, 0.15) is 264 Å². The summed E-state index contributed by atoms with van der Waals surface area (Å²) in [6.45, 7) is 72.7. The molecule has 133 heavy (non-hydrogen) atoms.